The first-order valence-electron chi connectivity index (χ1n) is 16.3. The quantitative estimate of drug-likeness (QED) is 0.169. The highest BCUT2D eigenvalue weighted by molar-refractivity contribution is 5.78. The maximum absolute atomic E-state index is 13.9. The van der Waals surface area contributed by atoms with E-state index in [1.807, 2.05) is 0 Å². The Bertz CT molecular complexity index is 562. The number of ether oxygens (including phenoxy) is 1. The maximum Gasteiger partial charge on any atom is 0.312 e. The van der Waals surface area contributed by atoms with Crippen molar-refractivity contribution in [1.29, 1.82) is 0 Å². The van der Waals surface area contributed by atoms with Crippen molar-refractivity contribution in [2.75, 3.05) is 6.61 Å². The first-order chi connectivity index (χ1) is 17.2. The number of carbonyl (C=O) groups excluding carboxylic acids is 1. The molecular formula is C33H60O2. The molecule has 3 aliphatic rings. The fourth-order valence-electron chi connectivity index (χ4n) is 8.39. The summed E-state index contributed by atoms with van der Waals surface area (Å²) in [5.74, 6) is 2.11. The molecule has 0 heterocycles. The minimum atomic E-state index is -0.183. The summed E-state index contributed by atoms with van der Waals surface area (Å²) >= 11 is 0. The van der Waals surface area contributed by atoms with Gasteiger partial charge in [0.15, 0.2) is 0 Å². The Balaban J connectivity index is 1.67. The molecule has 3 fully saturated rings. The summed E-state index contributed by atoms with van der Waals surface area (Å²) in [5.41, 5.74) is 0.0295. The molecule has 0 amide bonds. The number of hydrogen-bond donors (Lipinski definition) is 0. The molecule has 0 unspecified atom stereocenters. The van der Waals surface area contributed by atoms with Gasteiger partial charge in [-0.05, 0) is 68.6 Å². The van der Waals surface area contributed by atoms with Crippen LogP contribution in [0.4, 0.5) is 0 Å². The molecular weight excluding hydrogens is 428 g/mol. The number of hydrogen-bond acceptors (Lipinski definition) is 2. The number of unbranched alkanes of at least 4 members (excludes halogenated alkanes) is 8. The standard InChI is InChI=1S/C33H60O2/c1-3-5-7-8-9-10-11-16-23-32(26-21-30(22-27-32)29-19-14-12-15-20-29)33(24-17-13-18-25-33)31(34)35-28-6-4-2/h29-30H,3-28H2,1-2H3/t30-,32+. The highest BCUT2D eigenvalue weighted by Gasteiger charge is 2.57. The monoisotopic (exact) mass is 488 g/mol. The van der Waals surface area contributed by atoms with Gasteiger partial charge >= 0.3 is 5.97 Å². The summed E-state index contributed by atoms with van der Waals surface area (Å²) in [7, 11) is 0. The molecule has 3 rings (SSSR count). The highest BCUT2D eigenvalue weighted by atomic mass is 16.5. The van der Waals surface area contributed by atoms with E-state index in [0.717, 1.165) is 37.5 Å². The third-order valence-corrected chi connectivity index (χ3v) is 10.7. The normalized spacial score (nSPS) is 27.5. The van der Waals surface area contributed by atoms with Gasteiger partial charge in [-0.25, -0.2) is 0 Å². The van der Waals surface area contributed by atoms with Gasteiger partial charge in [-0.3, -0.25) is 4.79 Å². The second kappa shape index (κ2) is 15.7. The molecule has 2 nitrogen and oxygen atoms in total. The van der Waals surface area contributed by atoms with Crippen LogP contribution in [-0.4, -0.2) is 12.6 Å². The molecule has 0 aromatic rings. The molecule has 35 heavy (non-hydrogen) atoms. The molecule has 0 aromatic carbocycles. The Hall–Kier alpha value is -0.530. The van der Waals surface area contributed by atoms with Crippen LogP contribution in [0.1, 0.15) is 174 Å². The van der Waals surface area contributed by atoms with Crippen molar-refractivity contribution in [3.8, 4) is 0 Å². The summed E-state index contributed by atoms with van der Waals surface area (Å²) in [4.78, 5) is 13.9. The van der Waals surface area contributed by atoms with Crippen LogP contribution < -0.4 is 0 Å². The molecule has 0 aliphatic heterocycles. The second-order valence-electron chi connectivity index (χ2n) is 12.9. The van der Waals surface area contributed by atoms with Crippen LogP contribution in [-0.2, 0) is 9.53 Å². The van der Waals surface area contributed by atoms with Gasteiger partial charge in [0.1, 0.15) is 0 Å². The van der Waals surface area contributed by atoms with Crippen LogP contribution in [0, 0.1) is 22.7 Å². The van der Waals surface area contributed by atoms with Gasteiger partial charge in [-0.1, -0.05) is 123 Å². The van der Waals surface area contributed by atoms with Crippen LogP contribution in [0.2, 0.25) is 0 Å². The average molecular weight is 489 g/mol. The first kappa shape index (κ1) is 29.0. The number of esters is 1. The maximum atomic E-state index is 13.9. The van der Waals surface area contributed by atoms with Crippen LogP contribution in [0.5, 0.6) is 0 Å². The number of rotatable bonds is 15. The van der Waals surface area contributed by atoms with E-state index in [9.17, 15) is 4.79 Å². The van der Waals surface area contributed by atoms with Crippen molar-refractivity contribution >= 4 is 5.97 Å². The molecule has 0 aromatic heterocycles. The van der Waals surface area contributed by atoms with Gasteiger partial charge in [0.2, 0.25) is 0 Å². The predicted molar refractivity (Wildman–Crippen MR) is 150 cm³/mol. The molecule has 204 valence electrons. The Labute approximate surface area is 219 Å². The van der Waals surface area contributed by atoms with E-state index in [0.29, 0.717) is 6.61 Å². The minimum Gasteiger partial charge on any atom is -0.465 e. The lowest BCUT2D eigenvalue weighted by atomic mass is 9.49. The highest BCUT2D eigenvalue weighted by Crippen LogP contribution is 2.61. The largest absolute Gasteiger partial charge is 0.465 e. The molecule has 0 radical (unpaired) electrons. The van der Waals surface area contributed by atoms with Gasteiger partial charge < -0.3 is 4.74 Å². The molecule has 2 heteroatoms. The summed E-state index contributed by atoms with van der Waals surface area (Å²) in [6.07, 6.45) is 33.1. The van der Waals surface area contributed by atoms with Crippen molar-refractivity contribution in [1.82, 2.24) is 0 Å². The van der Waals surface area contributed by atoms with Gasteiger partial charge in [-0.15, -0.1) is 0 Å². The SMILES string of the molecule is CCCCCCCCCC[C@]1(C2(C(=O)OCCCC)CCCCC2)CC[C@@H](C2CCCCC2)CC1. The zero-order chi connectivity index (χ0) is 24.8. The zero-order valence-corrected chi connectivity index (χ0v) is 23.9. The molecule has 3 aliphatic carbocycles. The molecule has 0 spiro atoms. The van der Waals surface area contributed by atoms with E-state index in [2.05, 4.69) is 13.8 Å². The van der Waals surface area contributed by atoms with Crippen molar-refractivity contribution in [3.63, 3.8) is 0 Å². The smallest absolute Gasteiger partial charge is 0.312 e. The van der Waals surface area contributed by atoms with E-state index in [1.165, 1.54) is 135 Å². The zero-order valence-electron chi connectivity index (χ0n) is 23.9. The van der Waals surface area contributed by atoms with E-state index < -0.39 is 0 Å². The Morgan fingerprint density at radius 3 is 1.80 bits per heavy atom. The van der Waals surface area contributed by atoms with Crippen LogP contribution in [0.25, 0.3) is 0 Å². The average Bonchev–Trinajstić information content (AvgIpc) is 2.91. The topological polar surface area (TPSA) is 26.3 Å². The fraction of sp³-hybridized carbons (Fsp3) is 0.970. The fourth-order valence-corrected chi connectivity index (χ4v) is 8.39. The van der Waals surface area contributed by atoms with Gasteiger partial charge in [0.25, 0.3) is 0 Å². The van der Waals surface area contributed by atoms with Crippen molar-refractivity contribution in [3.05, 3.63) is 0 Å². The third kappa shape index (κ3) is 7.98. The van der Waals surface area contributed by atoms with E-state index >= 15 is 0 Å². The molecule has 0 atom stereocenters. The van der Waals surface area contributed by atoms with Crippen LogP contribution in [0.15, 0.2) is 0 Å². The molecule has 0 saturated heterocycles. The van der Waals surface area contributed by atoms with Crippen molar-refractivity contribution in [2.24, 2.45) is 22.7 Å². The summed E-state index contributed by atoms with van der Waals surface area (Å²) in [6.45, 7) is 5.13. The molecule has 3 saturated carbocycles. The van der Waals surface area contributed by atoms with E-state index in [-0.39, 0.29) is 16.8 Å². The van der Waals surface area contributed by atoms with E-state index in [1.54, 1.807) is 0 Å². The second-order valence-corrected chi connectivity index (χ2v) is 12.9. The Kier molecular flexibility index (Phi) is 13.0. The van der Waals surface area contributed by atoms with Crippen molar-refractivity contribution < 1.29 is 9.53 Å². The van der Waals surface area contributed by atoms with Crippen LogP contribution >= 0.6 is 0 Å². The summed E-state index contributed by atoms with van der Waals surface area (Å²) in [6, 6.07) is 0. The van der Waals surface area contributed by atoms with Gasteiger partial charge in [-0.2, -0.15) is 0 Å². The van der Waals surface area contributed by atoms with Gasteiger partial charge in [0, 0.05) is 0 Å². The Morgan fingerprint density at radius 1 is 0.629 bits per heavy atom. The first-order valence-corrected chi connectivity index (χ1v) is 16.3. The third-order valence-electron chi connectivity index (χ3n) is 10.7. The minimum absolute atomic E-state index is 0.183. The number of carbonyl (C=O) groups is 1. The Morgan fingerprint density at radius 2 is 1.17 bits per heavy atom. The van der Waals surface area contributed by atoms with Gasteiger partial charge in [0.05, 0.1) is 12.0 Å². The van der Waals surface area contributed by atoms with E-state index in [4.69, 9.17) is 4.74 Å². The molecule has 0 bridgehead atoms. The lowest BCUT2D eigenvalue weighted by Gasteiger charge is -2.55. The molecule has 0 N–H and O–H groups in total. The lowest BCUT2D eigenvalue weighted by molar-refractivity contribution is -0.175. The summed E-state index contributed by atoms with van der Waals surface area (Å²) in [5, 5.41) is 0. The predicted octanol–water partition coefficient (Wildman–Crippen LogP) is 10.6. The van der Waals surface area contributed by atoms with Crippen LogP contribution in [0.3, 0.4) is 0 Å². The van der Waals surface area contributed by atoms with Crippen molar-refractivity contribution in [2.45, 2.75) is 174 Å². The summed E-state index contributed by atoms with van der Waals surface area (Å²) < 4.78 is 6.09. The lowest BCUT2D eigenvalue weighted by Crippen LogP contribution is -2.52.